The smallest absolute Gasteiger partial charge is 0.225 e. The van der Waals surface area contributed by atoms with Crippen molar-refractivity contribution in [3.63, 3.8) is 0 Å². The molecule has 0 spiro atoms. The highest BCUT2D eigenvalue weighted by atomic mass is 19.1. The van der Waals surface area contributed by atoms with E-state index in [1.165, 1.54) is 30.4 Å². The lowest BCUT2D eigenvalue weighted by Crippen LogP contribution is -2.31. The van der Waals surface area contributed by atoms with E-state index in [0.717, 1.165) is 42.7 Å². The first-order chi connectivity index (χ1) is 20.5. The summed E-state index contributed by atoms with van der Waals surface area (Å²) in [5, 5.41) is 8.99. The van der Waals surface area contributed by atoms with Crippen LogP contribution in [0.25, 0.3) is 29.5 Å². The maximum absolute atomic E-state index is 14.3. The van der Waals surface area contributed by atoms with Gasteiger partial charge in [-0.25, -0.2) is 13.8 Å². The molecule has 7 nitrogen and oxygen atoms in total. The Labute approximate surface area is 255 Å². The summed E-state index contributed by atoms with van der Waals surface area (Å²) in [6.45, 7) is 20.0. The Morgan fingerprint density at radius 3 is 2.19 bits per heavy atom. The second-order valence-electron chi connectivity index (χ2n) is 11.0. The van der Waals surface area contributed by atoms with Crippen LogP contribution in [-0.4, -0.2) is 60.0 Å². The number of amides is 1. The number of benzene rings is 2. The molecule has 1 amide bonds. The molecule has 2 aromatic carbocycles. The number of aryl methyl sites for hydroxylation is 1. The SMILES string of the molecule is C=Cc1ccc(C)c(-c2nc(NCCCN(CC)CC)nc(NC=O)c2/C=C\c2c(F)cccc2F)c1.CNC(C)(C)C. The van der Waals surface area contributed by atoms with Gasteiger partial charge in [-0.05, 0) is 102 Å². The van der Waals surface area contributed by atoms with Gasteiger partial charge < -0.3 is 20.9 Å². The van der Waals surface area contributed by atoms with Gasteiger partial charge in [0.15, 0.2) is 0 Å². The molecule has 3 rings (SSSR count). The van der Waals surface area contributed by atoms with E-state index in [4.69, 9.17) is 4.98 Å². The lowest BCUT2D eigenvalue weighted by atomic mass is 9.98. The monoisotopic (exact) mass is 592 g/mol. The number of anilines is 2. The Kier molecular flexibility index (Phi) is 14.1. The summed E-state index contributed by atoms with van der Waals surface area (Å²) in [7, 11) is 1.96. The fourth-order valence-electron chi connectivity index (χ4n) is 3.98. The van der Waals surface area contributed by atoms with E-state index < -0.39 is 11.6 Å². The van der Waals surface area contributed by atoms with Gasteiger partial charge in [0, 0.05) is 28.8 Å². The minimum Gasteiger partial charge on any atom is -0.354 e. The van der Waals surface area contributed by atoms with Crippen molar-refractivity contribution in [2.45, 2.75) is 53.5 Å². The predicted octanol–water partition coefficient (Wildman–Crippen LogP) is 7.26. The summed E-state index contributed by atoms with van der Waals surface area (Å²) in [6, 6.07) is 9.50. The number of nitrogens with one attached hydrogen (secondary N) is 3. The number of carbonyl (C=O) groups excluding carboxylic acids is 1. The highest BCUT2D eigenvalue weighted by Crippen LogP contribution is 2.33. The fourth-order valence-corrected chi connectivity index (χ4v) is 3.98. The molecule has 0 fully saturated rings. The van der Waals surface area contributed by atoms with Gasteiger partial charge in [0.2, 0.25) is 12.4 Å². The van der Waals surface area contributed by atoms with Crippen LogP contribution in [0.3, 0.4) is 0 Å². The van der Waals surface area contributed by atoms with Crippen molar-refractivity contribution in [3.8, 4) is 11.3 Å². The molecule has 3 aromatic rings. The zero-order chi connectivity index (χ0) is 32.0. The molecule has 0 saturated carbocycles. The summed E-state index contributed by atoms with van der Waals surface area (Å²) in [5.74, 6) is -0.820. The van der Waals surface area contributed by atoms with Gasteiger partial charge in [-0.1, -0.05) is 44.7 Å². The summed E-state index contributed by atoms with van der Waals surface area (Å²) in [5.41, 5.74) is 3.63. The molecule has 43 heavy (non-hydrogen) atoms. The zero-order valence-corrected chi connectivity index (χ0v) is 26.5. The highest BCUT2D eigenvalue weighted by molar-refractivity contribution is 5.89. The third-order valence-corrected chi connectivity index (χ3v) is 6.89. The Morgan fingerprint density at radius 2 is 1.63 bits per heavy atom. The third kappa shape index (κ3) is 11.0. The molecule has 0 aliphatic rings. The Hall–Kier alpha value is -3.95. The van der Waals surface area contributed by atoms with Crippen LogP contribution in [0.15, 0.2) is 43.0 Å². The van der Waals surface area contributed by atoms with Crippen molar-refractivity contribution in [1.82, 2.24) is 20.2 Å². The minimum absolute atomic E-state index is 0.194. The molecule has 0 saturated heterocycles. The Balaban J connectivity index is 0.000000973. The maximum Gasteiger partial charge on any atom is 0.225 e. The van der Waals surface area contributed by atoms with Crippen LogP contribution >= 0.6 is 0 Å². The second kappa shape index (κ2) is 17.2. The first-order valence-corrected chi connectivity index (χ1v) is 14.6. The first kappa shape index (κ1) is 35.2. The molecule has 1 aromatic heterocycles. The second-order valence-corrected chi connectivity index (χ2v) is 11.0. The molecule has 9 heteroatoms. The van der Waals surface area contributed by atoms with Crippen molar-refractivity contribution < 1.29 is 13.6 Å². The van der Waals surface area contributed by atoms with Gasteiger partial charge in [0.1, 0.15) is 17.5 Å². The van der Waals surface area contributed by atoms with Crippen molar-refractivity contribution in [3.05, 3.63) is 76.9 Å². The first-order valence-electron chi connectivity index (χ1n) is 14.6. The van der Waals surface area contributed by atoms with E-state index >= 15 is 0 Å². The van der Waals surface area contributed by atoms with Crippen LogP contribution in [0.1, 0.15) is 63.3 Å². The topological polar surface area (TPSA) is 82.2 Å². The molecule has 0 bridgehead atoms. The quantitative estimate of drug-likeness (QED) is 0.143. The number of halogens is 2. The lowest BCUT2D eigenvalue weighted by Gasteiger charge is -2.18. The Bertz CT molecular complexity index is 1360. The molecule has 1 heterocycles. The average molecular weight is 593 g/mol. The van der Waals surface area contributed by atoms with Crippen molar-refractivity contribution in [2.24, 2.45) is 0 Å². The van der Waals surface area contributed by atoms with E-state index in [2.05, 4.69) is 67.0 Å². The summed E-state index contributed by atoms with van der Waals surface area (Å²) >= 11 is 0. The molecule has 0 aliphatic heterocycles. The number of nitrogens with zero attached hydrogens (tertiary/aromatic N) is 3. The van der Waals surface area contributed by atoms with Crippen molar-refractivity contribution in [1.29, 1.82) is 0 Å². The molecular formula is C34H46F2N6O. The van der Waals surface area contributed by atoms with Gasteiger partial charge >= 0.3 is 0 Å². The number of rotatable bonds is 13. The maximum atomic E-state index is 14.3. The molecule has 0 unspecified atom stereocenters. The molecule has 0 radical (unpaired) electrons. The number of aromatic nitrogens is 2. The summed E-state index contributed by atoms with van der Waals surface area (Å²) < 4.78 is 28.6. The van der Waals surface area contributed by atoms with Gasteiger partial charge in [0.05, 0.1) is 5.69 Å². The molecular weight excluding hydrogens is 546 g/mol. The number of hydrogen-bond acceptors (Lipinski definition) is 6. The van der Waals surface area contributed by atoms with Crippen LogP contribution in [-0.2, 0) is 4.79 Å². The van der Waals surface area contributed by atoms with Gasteiger partial charge in [0.25, 0.3) is 0 Å². The van der Waals surface area contributed by atoms with Crippen LogP contribution in [0.4, 0.5) is 20.5 Å². The third-order valence-electron chi connectivity index (χ3n) is 6.89. The van der Waals surface area contributed by atoms with Crippen molar-refractivity contribution >= 4 is 36.4 Å². The predicted molar refractivity (Wildman–Crippen MR) is 177 cm³/mol. The van der Waals surface area contributed by atoms with Crippen LogP contribution < -0.4 is 16.0 Å². The fraction of sp³-hybridized carbons (Fsp3) is 0.382. The molecule has 0 aliphatic carbocycles. The largest absolute Gasteiger partial charge is 0.354 e. The van der Waals surface area contributed by atoms with E-state index in [1.807, 2.05) is 32.2 Å². The van der Waals surface area contributed by atoms with E-state index in [1.54, 1.807) is 6.08 Å². The van der Waals surface area contributed by atoms with Gasteiger partial charge in [-0.15, -0.1) is 0 Å². The minimum atomic E-state index is -0.695. The number of carbonyl (C=O) groups is 1. The highest BCUT2D eigenvalue weighted by Gasteiger charge is 2.17. The van der Waals surface area contributed by atoms with Gasteiger partial charge in [-0.2, -0.15) is 4.98 Å². The van der Waals surface area contributed by atoms with E-state index in [0.29, 0.717) is 35.7 Å². The lowest BCUT2D eigenvalue weighted by molar-refractivity contribution is -0.105. The molecule has 232 valence electrons. The van der Waals surface area contributed by atoms with Crippen LogP contribution in [0.5, 0.6) is 0 Å². The number of hydrogen-bond donors (Lipinski definition) is 3. The van der Waals surface area contributed by atoms with E-state index in [-0.39, 0.29) is 11.4 Å². The van der Waals surface area contributed by atoms with Crippen molar-refractivity contribution in [2.75, 3.05) is 43.9 Å². The van der Waals surface area contributed by atoms with Crippen LogP contribution in [0, 0.1) is 18.6 Å². The molecule has 0 atom stereocenters. The van der Waals surface area contributed by atoms with Crippen LogP contribution in [0.2, 0.25) is 0 Å². The summed E-state index contributed by atoms with van der Waals surface area (Å²) in [6.07, 6.45) is 5.98. The normalized spacial score (nSPS) is 11.3. The zero-order valence-electron chi connectivity index (χ0n) is 26.5. The Morgan fingerprint density at radius 1 is 1.00 bits per heavy atom. The average Bonchev–Trinajstić information content (AvgIpc) is 2.98. The molecule has 3 N–H and O–H groups in total. The standard InChI is InChI=1S/C29H33F2N5O.C5H13N/c1-5-21-13-12-20(4)24(18-21)27-23(15-14-22-25(30)10-8-11-26(22)31)28(33-19-37)35-29(34-27)32-16-9-17-36(6-2)7-3;1-5(2,3)6-4/h5,8,10-15,18-19H,1,6-7,9,16-17H2,2-4H3,(H2,32,33,34,35,37);6H,1-4H3/b15-14-;. The van der Waals surface area contributed by atoms with E-state index in [9.17, 15) is 13.6 Å². The summed E-state index contributed by atoms with van der Waals surface area (Å²) in [4.78, 5) is 23.1. The van der Waals surface area contributed by atoms with Gasteiger partial charge in [-0.3, -0.25) is 4.79 Å².